The molecule has 3 atom stereocenters. The lowest BCUT2D eigenvalue weighted by atomic mass is 10.2. The van der Waals surface area contributed by atoms with Crippen molar-refractivity contribution < 1.29 is 13.5 Å². The Bertz CT molecular complexity index is 291. The Hall–Kier alpha value is 0.0900. The third kappa shape index (κ3) is 3.79. The summed E-state index contributed by atoms with van der Waals surface area (Å²) in [5.41, 5.74) is 0. The van der Waals surface area contributed by atoms with Crippen LogP contribution >= 0.6 is 12.6 Å². The highest BCUT2D eigenvalue weighted by molar-refractivity contribution is 7.80. The molecule has 2 aliphatic rings. The van der Waals surface area contributed by atoms with Crippen LogP contribution in [0.15, 0.2) is 0 Å². The lowest BCUT2D eigenvalue weighted by Crippen LogP contribution is -2.52. The minimum absolute atomic E-state index is 0.0113. The van der Waals surface area contributed by atoms with E-state index in [0.717, 1.165) is 13.1 Å². The first-order valence-electron chi connectivity index (χ1n) is 6.53. The fourth-order valence-corrected chi connectivity index (χ4v) is 2.93. The minimum Gasteiger partial charge on any atom is -0.371 e. The average molecular weight is 280 g/mol. The SMILES string of the molecule is CC1CN(C(C)S)CC(CN2CCC(F)(F)C2)O1. The summed E-state index contributed by atoms with van der Waals surface area (Å²) in [6.07, 6.45) is 0.126. The molecule has 106 valence electrons. The summed E-state index contributed by atoms with van der Waals surface area (Å²) < 4.78 is 32.1. The number of thiol groups is 1. The molecule has 0 aromatic rings. The van der Waals surface area contributed by atoms with E-state index in [4.69, 9.17) is 4.74 Å². The fraction of sp³-hybridized carbons (Fsp3) is 1.00. The molecular weight excluding hydrogens is 258 g/mol. The molecule has 2 fully saturated rings. The van der Waals surface area contributed by atoms with Crippen LogP contribution in [0.3, 0.4) is 0 Å². The van der Waals surface area contributed by atoms with Crippen molar-refractivity contribution in [2.24, 2.45) is 0 Å². The number of alkyl halides is 2. The quantitative estimate of drug-likeness (QED) is 0.792. The van der Waals surface area contributed by atoms with Gasteiger partial charge in [-0.15, -0.1) is 0 Å². The van der Waals surface area contributed by atoms with Crippen molar-refractivity contribution in [3.05, 3.63) is 0 Å². The van der Waals surface area contributed by atoms with Crippen LogP contribution in [0.2, 0.25) is 0 Å². The smallest absolute Gasteiger partial charge is 0.261 e. The van der Waals surface area contributed by atoms with Crippen LogP contribution in [0.5, 0.6) is 0 Å². The summed E-state index contributed by atoms with van der Waals surface area (Å²) in [5, 5.41) is 0.180. The first-order chi connectivity index (χ1) is 8.35. The van der Waals surface area contributed by atoms with Gasteiger partial charge in [0.25, 0.3) is 5.92 Å². The number of likely N-dealkylation sites (tertiary alicyclic amines) is 1. The van der Waals surface area contributed by atoms with Gasteiger partial charge in [-0.25, -0.2) is 8.78 Å². The molecule has 0 spiro atoms. The minimum atomic E-state index is -2.52. The van der Waals surface area contributed by atoms with Gasteiger partial charge in [-0.2, -0.15) is 12.6 Å². The molecule has 3 nitrogen and oxygen atoms in total. The molecular formula is C12H22F2N2OS. The molecule has 2 heterocycles. The zero-order valence-corrected chi connectivity index (χ0v) is 11.9. The zero-order chi connectivity index (χ0) is 13.3. The number of rotatable bonds is 3. The summed E-state index contributed by atoms with van der Waals surface area (Å²) in [4.78, 5) is 4.04. The van der Waals surface area contributed by atoms with Gasteiger partial charge in [0.2, 0.25) is 0 Å². The Balaban J connectivity index is 1.85. The third-order valence-corrected chi connectivity index (χ3v) is 3.92. The lowest BCUT2D eigenvalue weighted by molar-refractivity contribution is -0.0896. The van der Waals surface area contributed by atoms with Crippen molar-refractivity contribution in [1.82, 2.24) is 9.80 Å². The monoisotopic (exact) mass is 280 g/mol. The Morgan fingerprint density at radius 3 is 2.72 bits per heavy atom. The van der Waals surface area contributed by atoms with Crippen LogP contribution in [0.4, 0.5) is 8.78 Å². The molecule has 0 saturated carbocycles. The van der Waals surface area contributed by atoms with Gasteiger partial charge in [0, 0.05) is 32.6 Å². The molecule has 3 unspecified atom stereocenters. The van der Waals surface area contributed by atoms with Crippen LogP contribution in [0.25, 0.3) is 0 Å². The van der Waals surface area contributed by atoms with Crippen molar-refractivity contribution in [3.63, 3.8) is 0 Å². The Kier molecular flexibility index (Phi) is 4.52. The second kappa shape index (κ2) is 5.61. The van der Waals surface area contributed by atoms with Crippen LogP contribution in [-0.2, 0) is 4.74 Å². The van der Waals surface area contributed by atoms with Gasteiger partial charge in [-0.05, 0) is 13.8 Å². The van der Waals surface area contributed by atoms with E-state index in [1.54, 1.807) is 0 Å². The van der Waals surface area contributed by atoms with Crippen LogP contribution in [0, 0.1) is 0 Å². The van der Waals surface area contributed by atoms with Crippen LogP contribution < -0.4 is 0 Å². The van der Waals surface area contributed by atoms with E-state index in [1.807, 2.05) is 18.7 Å². The Morgan fingerprint density at radius 2 is 2.17 bits per heavy atom. The zero-order valence-electron chi connectivity index (χ0n) is 11.0. The van der Waals surface area contributed by atoms with Gasteiger partial charge in [0.15, 0.2) is 0 Å². The van der Waals surface area contributed by atoms with Gasteiger partial charge < -0.3 is 4.74 Å². The van der Waals surface area contributed by atoms with Crippen molar-refractivity contribution in [3.8, 4) is 0 Å². The van der Waals surface area contributed by atoms with Gasteiger partial charge in [0.1, 0.15) is 0 Å². The molecule has 0 aromatic heterocycles. The molecule has 2 saturated heterocycles. The second-order valence-corrected chi connectivity index (χ2v) is 6.24. The molecule has 0 amide bonds. The molecule has 0 radical (unpaired) electrons. The number of halogens is 2. The molecule has 18 heavy (non-hydrogen) atoms. The van der Waals surface area contributed by atoms with E-state index < -0.39 is 5.92 Å². The summed E-state index contributed by atoms with van der Waals surface area (Å²) >= 11 is 4.44. The third-order valence-electron chi connectivity index (χ3n) is 3.59. The Labute approximate surface area is 113 Å². The van der Waals surface area contributed by atoms with Crippen molar-refractivity contribution in [1.29, 1.82) is 0 Å². The predicted octanol–water partition coefficient (Wildman–Crippen LogP) is 1.69. The molecule has 0 aliphatic carbocycles. The van der Waals surface area contributed by atoms with Crippen molar-refractivity contribution >= 4 is 12.6 Å². The molecule has 2 aliphatic heterocycles. The largest absolute Gasteiger partial charge is 0.371 e. The summed E-state index contributed by atoms with van der Waals surface area (Å²) in [6.45, 7) is 6.62. The maximum absolute atomic E-state index is 13.1. The number of morpholine rings is 1. The molecule has 6 heteroatoms. The average Bonchev–Trinajstić information content (AvgIpc) is 2.57. The highest BCUT2D eigenvalue weighted by atomic mass is 32.1. The topological polar surface area (TPSA) is 15.7 Å². The second-order valence-electron chi connectivity index (χ2n) is 5.50. The summed E-state index contributed by atoms with van der Waals surface area (Å²) in [5.74, 6) is -2.52. The number of hydrogen-bond donors (Lipinski definition) is 1. The van der Waals surface area contributed by atoms with E-state index in [-0.39, 0.29) is 30.5 Å². The molecule has 0 N–H and O–H groups in total. The Morgan fingerprint density at radius 1 is 1.44 bits per heavy atom. The maximum Gasteiger partial charge on any atom is 0.261 e. The lowest BCUT2D eigenvalue weighted by Gasteiger charge is -2.39. The number of ether oxygens (including phenoxy) is 1. The molecule has 0 bridgehead atoms. The van der Waals surface area contributed by atoms with E-state index >= 15 is 0 Å². The standard InChI is InChI=1S/C12H22F2N2OS/c1-9-5-16(10(2)18)7-11(17-9)6-15-4-3-12(13,14)8-15/h9-11,18H,3-8H2,1-2H3. The van der Waals surface area contributed by atoms with Gasteiger partial charge in [0.05, 0.1) is 24.1 Å². The maximum atomic E-state index is 13.1. The van der Waals surface area contributed by atoms with Crippen LogP contribution in [0.1, 0.15) is 20.3 Å². The molecule has 2 rings (SSSR count). The van der Waals surface area contributed by atoms with Gasteiger partial charge in [-0.1, -0.05) is 0 Å². The summed E-state index contributed by atoms with van der Waals surface area (Å²) in [7, 11) is 0. The first-order valence-corrected chi connectivity index (χ1v) is 7.05. The highest BCUT2D eigenvalue weighted by Crippen LogP contribution is 2.27. The first kappa shape index (κ1) is 14.5. The highest BCUT2D eigenvalue weighted by Gasteiger charge is 2.39. The predicted molar refractivity (Wildman–Crippen MR) is 70.4 cm³/mol. The van der Waals surface area contributed by atoms with Crippen molar-refractivity contribution in [2.75, 3.05) is 32.7 Å². The number of nitrogens with zero attached hydrogens (tertiary/aromatic N) is 2. The normalized spacial score (nSPS) is 35.8. The fourth-order valence-electron chi connectivity index (χ4n) is 2.74. The summed E-state index contributed by atoms with van der Waals surface area (Å²) in [6, 6.07) is 0. The van der Waals surface area contributed by atoms with Gasteiger partial charge in [-0.3, -0.25) is 9.80 Å². The number of hydrogen-bond acceptors (Lipinski definition) is 4. The van der Waals surface area contributed by atoms with Crippen LogP contribution in [-0.4, -0.2) is 66.0 Å². The van der Waals surface area contributed by atoms with E-state index in [0.29, 0.717) is 13.1 Å². The van der Waals surface area contributed by atoms with Gasteiger partial charge >= 0.3 is 0 Å². The van der Waals surface area contributed by atoms with Crippen molar-refractivity contribution in [2.45, 2.75) is 43.8 Å². The van der Waals surface area contributed by atoms with E-state index in [2.05, 4.69) is 17.5 Å². The van der Waals surface area contributed by atoms with E-state index in [9.17, 15) is 8.78 Å². The van der Waals surface area contributed by atoms with E-state index in [1.165, 1.54) is 0 Å². The molecule has 0 aromatic carbocycles.